The van der Waals surface area contributed by atoms with Crippen LogP contribution in [0.5, 0.6) is 0 Å². The average molecular weight is 260 g/mol. The smallest absolute Gasteiger partial charge is 0.153 e. The van der Waals surface area contributed by atoms with Gasteiger partial charge < -0.3 is 5.32 Å². The summed E-state index contributed by atoms with van der Waals surface area (Å²) >= 11 is 8.88. The summed E-state index contributed by atoms with van der Waals surface area (Å²) in [5.74, 6) is 0. The number of hydrogen-bond donors (Lipinski definition) is 1. The van der Waals surface area contributed by atoms with Crippen molar-refractivity contribution < 1.29 is 0 Å². The number of thiazole rings is 2. The molecule has 0 saturated carbocycles. The maximum absolute atomic E-state index is 5.83. The second-order valence-electron chi connectivity index (χ2n) is 3.06. The number of hydrogen-bond acceptors (Lipinski definition) is 5. The Morgan fingerprint density at radius 1 is 1.47 bits per heavy atom. The van der Waals surface area contributed by atoms with Crippen LogP contribution < -0.4 is 5.32 Å². The molecule has 0 aliphatic heterocycles. The molecule has 1 atom stereocenters. The first-order chi connectivity index (χ1) is 7.20. The van der Waals surface area contributed by atoms with E-state index in [1.807, 2.05) is 12.4 Å². The quantitative estimate of drug-likeness (QED) is 0.920. The molecule has 0 fully saturated rings. The molecule has 2 aromatic rings. The zero-order valence-corrected chi connectivity index (χ0v) is 10.7. The van der Waals surface area contributed by atoms with Crippen LogP contribution in [0.25, 0.3) is 10.0 Å². The van der Waals surface area contributed by atoms with Crippen LogP contribution in [0.4, 0.5) is 0 Å². The predicted octanol–water partition coefficient (Wildman–Crippen LogP) is 3.20. The molecule has 6 heteroatoms. The van der Waals surface area contributed by atoms with Crippen LogP contribution in [0.15, 0.2) is 11.6 Å². The first-order valence-electron chi connectivity index (χ1n) is 4.45. The van der Waals surface area contributed by atoms with Gasteiger partial charge in [-0.15, -0.1) is 11.3 Å². The van der Waals surface area contributed by atoms with Crippen molar-refractivity contribution >= 4 is 34.3 Å². The average Bonchev–Trinajstić information content (AvgIpc) is 2.84. The van der Waals surface area contributed by atoms with Gasteiger partial charge in [-0.3, -0.25) is 0 Å². The number of nitrogens with one attached hydrogen (secondary N) is 1. The maximum Gasteiger partial charge on any atom is 0.153 e. The second kappa shape index (κ2) is 4.57. The summed E-state index contributed by atoms with van der Waals surface area (Å²) in [6, 6.07) is 0.269. The van der Waals surface area contributed by atoms with Crippen molar-refractivity contribution in [1.29, 1.82) is 0 Å². The van der Waals surface area contributed by atoms with Crippen molar-refractivity contribution in [3.05, 3.63) is 21.6 Å². The van der Waals surface area contributed by atoms with Crippen molar-refractivity contribution in [1.82, 2.24) is 15.3 Å². The topological polar surface area (TPSA) is 37.8 Å². The highest BCUT2D eigenvalue weighted by Crippen LogP contribution is 2.31. The molecular weight excluding hydrogens is 250 g/mol. The van der Waals surface area contributed by atoms with E-state index < -0.39 is 0 Å². The lowest BCUT2D eigenvalue weighted by Crippen LogP contribution is -2.12. The first-order valence-corrected chi connectivity index (χ1v) is 6.52. The summed E-state index contributed by atoms with van der Waals surface area (Å²) in [6.07, 6.45) is 1.66. The zero-order chi connectivity index (χ0) is 10.8. The maximum atomic E-state index is 5.83. The summed E-state index contributed by atoms with van der Waals surface area (Å²) in [4.78, 5) is 8.71. The fraction of sp³-hybridized carbons (Fsp3) is 0.333. The Morgan fingerprint density at radius 2 is 2.27 bits per heavy atom. The Hall–Kier alpha value is -0.490. The zero-order valence-electron chi connectivity index (χ0n) is 8.32. The third kappa shape index (κ3) is 2.36. The Bertz CT molecular complexity index is 452. The molecule has 0 aliphatic rings. The molecule has 2 aromatic heterocycles. The van der Waals surface area contributed by atoms with Gasteiger partial charge in [0.1, 0.15) is 4.34 Å². The highest BCUT2D eigenvalue weighted by atomic mass is 35.5. The molecule has 0 saturated heterocycles. The highest BCUT2D eigenvalue weighted by Gasteiger charge is 2.11. The van der Waals surface area contributed by atoms with E-state index in [-0.39, 0.29) is 6.04 Å². The monoisotopic (exact) mass is 259 g/mol. The largest absolute Gasteiger partial charge is 0.312 e. The summed E-state index contributed by atoms with van der Waals surface area (Å²) in [5.41, 5.74) is 1.05. The van der Waals surface area contributed by atoms with E-state index in [9.17, 15) is 0 Å². The molecule has 2 rings (SSSR count). The molecule has 0 aromatic carbocycles. The van der Waals surface area contributed by atoms with Gasteiger partial charge in [-0.05, 0) is 14.0 Å². The van der Waals surface area contributed by atoms with E-state index in [2.05, 4.69) is 22.2 Å². The summed E-state index contributed by atoms with van der Waals surface area (Å²) in [6.45, 7) is 2.08. The first kappa shape index (κ1) is 11.0. The van der Waals surface area contributed by atoms with Gasteiger partial charge in [-0.1, -0.05) is 22.9 Å². The van der Waals surface area contributed by atoms with Gasteiger partial charge in [0.05, 0.1) is 11.9 Å². The lowest BCUT2D eigenvalue weighted by molar-refractivity contribution is 0.637. The van der Waals surface area contributed by atoms with Gasteiger partial charge in [-0.2, -0.15) is 0 Å². The lowest BCUT2D eigenvalue weighted by Gasteiger charge is -2.04. The summed E-state index contributed by atoms with van der Waals surface area (Å²) in [7, 11) is 1.92. The van der Waals surface area contributed by atoms with Crippen LogP contribution in [-0.2, 0) is 0 Å². The van der Waals surface area contributed by atoms with Gasteiger partial charge in [-0.25, -0.2) is 9.97 Å². The van der Waals surface area contributed by atoms with Crippen molar-refractivity contribution in [2.24, 2.45) is 0 Å². The SMILES string of the molecule is CNC(C)c1csc(-c2ncc(Cl)s2)n1. The van der Waals surface area contributed by atoms with Gasteiger partial charge >= 0.3 is 0 Å². The van der Waals surface area contributed by atoms with E-state index in [1.165, 1.54) is 11.3 Å². The van der Waals surface area contributed by atoms with Crippen LogP contribution in [0.3, 0.4) is 0 Å². The molecule has 0 bridgehead atoms. The fourth-order valence-electron chi connectivity index (χ4n) is 1.08. The molecule has 0 radical (unpaired) electrons. The van der Waals surface area contributed by atoms with Crippen LogP contribution in [0.1, 0.15) is 18.7 Å². The van der Waals surface area contributed by atoms with Crippen LogP contribution in [0, 0.1) is 0 Å². The predicted molar refractivity (Wildman–Crippen MR) is 65.7 cm³/mol. The molecule has 1 unspecified atom stereocenters. The molecule has 0 spiro atoms. The van der Waals surface area contributed by atoms with E-state index in [1.54, 1.807) is 17.5 Å². The number of halogens is 1. The number of rotatable bonds is 3. The van der Waals surface area contributed by atoms with Crippen LogP contribution in [-0.4, -0.2) is 17.0 Å². The normalized spacial score (nSPS) is 13.0. The third-order valence-electron chi connectivity index (χ3n) is 2.06. The third-order valence-corrected chi connectivity index (χ3v) is 4.18. The minimum Gasteiger partial charge on any atom is -0.312 e. The minimum atomic E-state index is 0.269. The molecule has 0 aliphatic carbocycles. The van der Waals surface area contributed by atoms with Gasteiger partial charge in [0.2, 0.25) is 0 Å². The molecular formula is C9H10ClN3S2. The standard InChI is InChI=1S/C9H10ClN3S2/c1-5(11-2)6-4-14-9(13-6)8-12-3-7(10)15-8/h3-5,11H,1-2H3. The second-order valence-corrected chi connectivity index (χ2v) is 5.58. The minimum absolute atomic E-state index is 0.269. The summed E-state index contributed by atoms with van der Waals surface area (Å²) in [5, 5.41) is 7.02. The summed E-state index contributed by atoms with van der Waals surface area (Å²) < 4.78 is 0.698. The molecule has 3 nitrogen and oxygen atoms in total. The van der Waals surface area contributed by atoms with E-state index in [0.29, 0.717) is 4.34 Å². The Kier molecular flexibility index (Phi) is 3.35. The van der Waals surface area contributed by atoms with Gasteiger partial charge in [0.15, 0.2) is 10.0 Å². The molecule has 15 heavy (non-hydrogen) atoms. The molecule has 1 N–H and O–H groups in total. The van der Waals surface area contributed by atoms with Crippen LogP contribution in [0.2, 0.25) is 4.34 Å². The van der Waals surface area contributed by atoms with Crippen LogP contribution >= 0.6 is 34.3 Å². The Balaban J connectivity index is 2.27. The van der Waals surface area contributed by atoms with Gasteiger partial charge in [0.25, 0.3) is 0 Å². The molecule has 80 valence electrons. The van der Waals surface area contributed by atoms with Crippen molar-refractivity contribution in [3.63, 3.8) is 0 Å². The Labute approximate surface area is 101 Å². The van der Waals surface area contributed by atoms with Crippen molar-refractivity contribution in [2.45, 2.75) is 13.0 Å². The Morgan fingerprint density at radius 3 is 2.87 bits per heavy atom. The molecule has 2 heterocycles. The number of nitrogens with zero attached hydrogens (tertiary/aromatic N) is 2. The molecule has 0 amide bonds. The number of aromatic nitrogens is 2. The van der Waals surface area contributed by atoms with Gasteiger partial charge in [0, 0.05) is 11.4 Å². The fourth-order valence-corrected chi connectivity index (χ4v) is 2.95. The van der Waals surface area contributed by atoms with E-state index >= 15 is 0 Å². The van der Waals surface area contributed by atoms with E-state index in [0.717, 1.165) is 15.7 Å². The van der Waals surface area contributed by atoms with Crippen molar-refractivity contribution in [3.8, 4) is 10.0 Å². The highest BCUT2D eigenvalue weighted by molar-refractivity contribution is 7.22. The lowest BCUT2D eigenvalue weighted by atomic mass is 10.3. The van der Waals surface area contributed by atoms with Crippen molar-refractivity contribution in [2.75, 3.05) is 7.05 Å². The van der Waals surface area contributed by atoms with E-state index in [4.69, 9.17) is 11.6 Å².